The summed E-state index contributed by atoms with van der Waals surface area (Å²) in [7, 11) is 0. The number of hydrogen-bond donors (Lipinski definition) is 1. The van der Waals surface area contributed by atoms with Crippen molar-refractivity contribution in [3.05, 3.63) is 77.6 Å². The van der Waals surface area contributed by atoms with Gasteiger partial charge in [0.05, 0.1) is 11.7 Å². The number of nitrogens with one attached hydrogen (secondary N) is 1. The Balaban J connectivity index is 1.44. The van der Waals surface area contributed by atoms with Crippen LogP contribution in [0.15, 0.2) is 60.9 Å². The standard InChI is InChI=1S/C25H28N4O/c1-18-6-8-20(9-7-18)19(2)28-25(30)22-12-10-21(11-13-22)23-16-24(27-17-26-23)29-14-4-3-5-15-29/h6-13,16-17,19H,3-5,14-15H2,1-2H3,(H,28,30)/t19-/m1/s1. The fourth-order valence-electron chi connectivity index (χ4n) is 3.81. The summed E-state index contributed by atoms with van der Waals surface area (Å²) in [6.07, 6.45) is 5.35. The van der Waals surface area contributed by atoms with Gasteiger partial charge in [-0.25, -0.2) is 9.97 Å². The molecule has 2 heterocycles. The molecule has 0 unspecified atom stereocenters. The predicted molar refractivity (Wildman–Crippen MR) is 121 cm³/mol. The maximum Gasteiger partial charge on any atom is 0.251 e. The first-order chi connectivity index (χ1) is 14.6. The molecule has 1 fully saturated rings. The number of aromatic nitrogens is 2. The molecular formula is C25H28N4O. The minimum absolute atomic E-state index is 0.0493. The fraction of sp³-hybridized carbons (Fsp3) is 0.320. The number of aryl methyl sites for hydroxylation is 1. The molecule has 3 aromatic rings. The molecule has 1 aromatic heterocycles. The third-order valence-electron chi connectivity index (χ3n) is 5.70. The lowest BCUT2D eigenvalue weighted by Gasteiger charge is -2.27. The van der Waals surface area contributed by atoms with E-state index in [1.54, 1.807) is 6.33 Å². The molecule has 0 aliphatic carbocycles. The normalized spacial score (nSPS) is 14.9. The molecule has 0 spiro atoms. The lowest BCUT2D eigenvalue weighted by Crippen LogP contribution is -2.30. The minimum Gasteiger partial charge on any atom is -0.357 e. The van der Waals surface area contributed by atoms with Crippen molar-refractivity contribution in [1.82, 2.24) is 15.3 Å². The smallest absolute Gasteiger partial charge is 0.251 e. The van der Waals surface area contributed by atoms with E-state index >= 15 is 0 Å². The summed E-state index contributed by atoms with van der Waals surface area (Å²) >= 11 is 0. The number of hydrogen-bond acceptors (Lipinski definition) is 4. The maximum atomic E-state index is 12.7. The minimum atomic E-state index is -0.0775. The molecule has 0 bridgehead atoms. The molecule has 30 heavy (non-hydrogen) atoms. The number of amides is 1. The molecule has 5 heteroatoms. The third kappa shape index (κ3) is 4.67. The van der Waals surface area contributed by atoms with Gasteiger partial charge in [-0.1, -0.05) is 42.0 Å². The van der Waals surface area contributed by atoms with Gasteiger partial charge in [0, 0.05) is 30.3 Å². The van der Waals surface area contributed by atoms with E-state index in [-0.39, 0.29) is 11.9 Å². The summed E-state index contributed by atoms with van der Waals surface area (Å²) < 4.78 is 0. The van der Waals surface area contributed by atoms with Crippen LogP contribution < -0.4 is 10.2 Å². The van der Waals surface area contributed by atoms with E-state index in [9.17, 15) is 4.79 Å². The Morgan fingerprint density at radius 2 is 1.67 bits per heavy atom. The number of piperidine rings is 1. The Hall–Kier alpha value is -3.21. The molecule has 1 aliphatic rings. The Bertz CT molecular complexity index is 992. The Morgan fingerprint density at radius 3 is 2.37 bits per heavy atom. The first-order valence-electron chi connectivity index (χ1n) is 10.6. The Morgan fingerprint density at radius 1 is 0.967 bits per heavy atom. The van der Waals surface area contributed by atoms with Crippen molar-refractivity contribution < 1.29 is 4.79 Å². The van der Waals surface area contributed by atoms with Gasteiger partial charge >= 0.3 is 0 Å². The summed E-state index contributed by atoms with van der Waals surface area (Å²) in [4.78, 5) is 23.9. The molecule has 4 rings (SSSR count). The molecule has 2 aromatic carbocycles. The van der Waals surface area contributed by atoms with Crippen molar-refractivity contribution >= 4 is 11.7 Å². The second-order valence-corrected chi connectivity index (χ2v) is 7.99. The number of benzene rings is 2. The van der Waals surface area contributed by atoms with Crippen LogP contribution in [0.2, 0.25) is 0 Å². The summed E-state index contributed by atoms with van der Waals surface area (Å²) in [6.45, 7) is 6.16. The van der Waals surface area contributed by atoms with Crippen molar-refractivity contribution in [2.75, 3.05) is 18.0 Å². The molecule has 1 N–H and O–H groups in total. The van der Waals surface area contributed by atoms with Gasteiger partial charge in [0.2, 0.25) is 0 Å². The highest BCUT2D eigenvalue weighted by molar-refractivity contribution is 5.94. The zero-order chi connectivity index (χ0) is 20.9. The van der Waals surface area contributed by atoms with E-state index in [4.69, 9.17) is 0 Å². The van der Waals surface area contributed by atoms with E-state index in [1.807, 2.05) is 37.3 Å². The molecule has 1 atom stereocenters. The van der Waals surface area contributed by atoms with Crippen molar-refractivity contribution in [3.63, 3.8) is 0 Å². The molecule has 1 amide bonds. The number of anilines is 1. The summed E-state index contributed by atoms with van der Waals surface area (Å²) in [6, 6.07) is 17.8. The van der Waals surface area contributed by atoms with Gasteiger partial charge in [0.25, 0.3) is 5.91 Å². The van der Waals surface area contributed by atoms with Gasteiger partial charge in [-0.2, -0.15) is 0 Å². The van der Waals surface area contributed by atoms with Gasteiger partial charge < -0.3 is 10.2 Å². The van der Waals surface area contributed by atoms with Gasteiger partial charge in [-0.05, 0) is 50.8 Å². The van der Waals surface area contributed by atoms with Crippen molar-refractivity contribution in [2.45, 2.75) is 39.2 Å². The van der Waals surface area contributed by atoms with E-state index < -0.39 is 0 Å². The van der Waals surface area contributed by atoms with Crippen LogP contribution in [0.25, 0.3) is 11.3 Å². The maximum absolute atomic E-state index is 12.7. The molecule has 1 aliphatic heterocycles. The second kappa shape index (κ2) is 9.08. The van der Waals surface area contributed by atoms with Gasteiger partial charge in [-0.15, -0.1) is 0 Å². The van der Waals surface area contributed by atoms with Crippen LogP contribution in [-0.4, -0.2) is 29.0 Å². The molecule has 0 saturated carbocycles. The summed E-state index contributed by atoms with van der Waals surface area (Å²) in [5.74, 6) is 0.903. The van der Waals surface area contributed by atoms with Gasteiger partial charge in [-0.3, -0.25) is 4.79 Å². The van der Waals surface area contributed by atoms with E-state index in [0.717, 1.165) is 35.7 Å². The topological polar surface area (TPSA) is 58.1 Å². The molecule has 154 valence electrons. The lowest BCUT2D eigenvalue weighted by molar-refractivity contribution is 0.0940. The fourth-order valence-corrected chi connectivity index (χ4v) is 3.81. The van der Waals surface area contributed by atoms with Crippen molar-refractivity contribution in [3.8, 4) is 11.3 Å². The van der Waals surface area contributed by atoms with E-state index in [0.29, 0.717) is 5.56 Å². The number of rotatable bonds is 5. The first-order valence-corrected chi connectivity index (χ1v) is 10.6. The molecule has 5 nitrogen and oxygen atoms in total. The molecule has 0 radical (unpaired) electrons. The largest absolute Gasteiger partial charge is 0.357 e. The predicted octanol–water partition coefficient (Wildman–Crippen LogP) is 4.93. The third-order valence-corrected chi connectivity index (χ3v) is 5.70. The molecular weight excluding hydrogens is 372 g/mol. The van der Waals surface area contributed by atoms with E-state index in [2.05, 4.69) is 51.4 Å². The van der Waals surface area contributed by atoms with Gasteiger partial charge in [0.1, 0.15) is 12.1 Å². The number of carbonyl (C=O) groups excluding carboxylic acids is 1. The Kier molecular flexibility index (Phi) is 6.07. The quantitative estimate of drug-likeness (QED) is 0.659. The second-order valence-electron chi connectivity index (χ2n) is 7.99. The van der Waals surface area contributed by atoms with Crippen LogP contribution in [0.4, 0.5) is 5.82 Å². The zero-order valence-electron chi connectivity index (χ0n) is 17.6. The number of carbonyl (C=O) groups is 1. The highest BCUT2D eigenvalue weighted by Crippen LogP contribution is 2.23. The highest BCUT2D eigenvalue weighted by Gasteiger charge is 2.14. The monoisotopic (exact) mass is 400 g/mol. The van der Waals surface area contributed by atoms with Crippen LogP contribution in [0.5, 0.6) is 0 Å². The summed E-state index contributed by atoms with van der Waals surface area (Å²) in [5, 5.41) is 3.07. The first kappa shape index (κ1) is 20.1. The van der Waals surface area contributed by atoms with E-state index in [1.165, 1.54) is 24.8 Å². The SMILES string of the molecule is Cc1ccc([C@@H](C)NC(=O)c2ccc(-c3cc(N4CCCCC4)ncn3)cc2)cc1. The van der Waals surface area contributed by atoms with Gasteiger partial charge in [0.15, 0.2) is 0 Å². The summed E-state index contributed by atoms with van der Waals surface area (Å²) in [5.41, 5.74) is 4.81. The molecule has 1 saturated heterocycles. The zero-order valence-corrected chi connectivity index (χ0v) is 17.6. The van der Waals surface area contributed by atoms with Crippen LogP contribution >= 0.6 is 0 Å². The van der Waals surface area contributed by atoms with Crippen molar-refractivity contribution in [2.24, 2.45) is 0 Å². The van der Waals surface area contributed by atoms with Crippen molar-refractivity contribution in [1.29, 1.82) is 0 Å². The van der Waals surface area contributed by atoms with Crippen LogP contribution in [0.3, 0.4) is 0 Å². The average Bonchev–Trinajstić information content (AvgIpc) is 2.80. The van der Waals surface area contributed by atoms with Crippen LogP contribution in [0, 0.1) is 6.92 Å². The van der Waals surface area contributed by atoms with Crippen LogP contribution in [0.1, 0.15) is 53.7 Å². The highest BCUT2D eigenvalue weighted by atomic mass is 16.1. The average molecular weight is 401 g/mol. The Labute approximate surface area is 178 Å². The lowest BCUT2D eigenvalue weighted by atomic mass is 10.0. The number of nitrogens with zero attached hydrogens (tertiary/aromatic N) is 3. The van der Waals surface area contributed by atoms with Crippen LogP contribution in [-0.2, 0) is 0 Å².